The Kier molecular flexibility index (Phi) is 7.50. The summed E-state index contributed by atoms with van der Waals surface area (Å²) in [5.74, 6) is 0.837. The summed E-state index contributed by atoms with van der Waals surface area (Å²) in [5.41, 5.74) is 2.21. The normalized spacial score (nSPS) is 17.5. The first-order chi connectivity index (χ1) is 11.7. The standard InChI is InChI=1S/C19H32N4O/c1-3-20-18(21-14-17-9-7-8-16(2)23-17)22-15-19(12-13-24)10-5-4-6-11-19/h7-9,24H,3-6,10-15H2,1-2H3,(H2,20,21,22). The molecular weight excluding hydrogens is 300 g/mol. The molecule has 0 amide bonds. The van der Waals surface area contributed by atoms with E-state index in [0.29, 0.717) is 6.54 Å². The number of guanidine groups is 1. The molecule has 0 atom stereocenters. The lowest BCUT2D eigenvalue weighted by atomic mass is 9.72. The largest absolute Gasteiger partial charge is 0.396 e. The lowest BCUT2D eigenvalue weighted by Gasteiger charge is -2.37. The number of pyridine rings is 1. The predicted molar refractivity (Wildman–Crippen MR) is 99.0 cm³/mol. The molecule has 3 N–H and O–H groups in total. The van der Waals surface area contributed by atoms with Crippen LogP contribution in [-0.2, 0) is 6.54 Å². The van der Waals surface area contributed by atoms with Gasteiger partial charge in [0.25, 0.3) is 0 Å². The second-order valence-corrected chi connectivity index (χ2v) is 6.85. The Labute approximate surface area is 146 Å². The summed E-state index contributed by atoms with van der Waals surface area (Å²) in [6.45, 7) is 6.62. The van der Waals surface area contributed by atoms with Crippen molar-refractivity contribution in [1.82, 2.24) is 15.6 Å². The van der Waals surface area contributed by atoms with Crippen molar-refractivity contribution in [3.8, 4) is 0 Å². The van der Waals surface area contributed by atoms with Crippen molar-refractivity contribution in [3.63, 3.8) is 0 Å². The highest BCUT2D eigenvalue weighted by Crippen LogP contribution is 2.38. The van der Waals surface area contributed by atoms with E-state index in [2.05, 4.69) is 27.5 Å². The van der Waals surface area contributed by atoms with Gasteiger partial charge in [-0.15, -0.1) is 0 Å². The third-order valence-electron chi connectivity index (χ3n) is 4.88. The zero-order valence-electron chi connectivity index (χ0n) is 15.1. The van der Waals surface area contributed by atoms with Crippen LogP contribution < -0.4 is 10.6 Å². The zero-order valence-corrected chi connectivity index (χ0v) is 15.1. The summed E-state index contributed by atoms with van der Waals surface area (Å²) in [6, 6.07) is 6.03. The van der Waals surface area contributed by atoms with E-state index >= 15 is 0 Å². The lowest BCUT2D eigenvalue weighted by Crippen LogP contribution is -2.45. The highest BCUT2D eigenvalue weighted by Gasteiger charge is 2.31. The molecule has 1 aliphatic carbocycles. The molecule has 0 bridgehead atoms. The minimum atomic E-state index is 0.213. The van der Waals surface area contributed by atoms with Gasteiger partial charge in [-0.05, 0) is 50.7 Å². The van der Waals surface area contributed by atoms with E-state index in [1.165, 1.54) is 32.1 Å². The van der Waals surface area contributed by atoms with Gasteiger partial charge in [-0.3, -0.25) is 4.98 Å². The second kappa shape index (κ2) is 9.62. The molecule has 1 saturated carbocycles. The fourth-order valence-corrected chi connectivity index (χ4v) is 3.51. The fraction of sp³-hybridized carbons (Fsp3) is 0.684. The minimum absolute atomic E-state index is 0.213. The van der Waals surface area contributed by atoms with Gasteiger partial charge in [-0.1, -0.05) is 25.3 Å². The van der Waals surface area contributed by atoms with Crippen LogP contribution in [0.2, 0.25) is 0 Å². The summed E-state index contributed by atoms with van der Waals surface area (Å²) in [5, 5.41) is 16.3. The Morgan fingerprint density at radius 3 is 2.71 bits per heavy atom. The summed E-state index contributed by atoms with van der Waals surface area (Å²) in [6.07, 6.45) is 7.11. The lowest BCUT2D eigenvalue weighted by molar-refractivity contribution is 0.131. The summed E-state index contributed by atoms with van der Waals surface area (Å²) in [7, 11) is 0. The van der Waals surface area contributed by atoms with E-state index in [-0.39, 0.29) is 12.0 Å². The van der Waals surface area contributed by atoms with E-state index in [0.717, 1.165) is 36.9 Å². The maximum absolute atomic E-state index is 9.45. The molecule has 2 rings (SSSR count). The SMILES string of the molecule is CCNC(=NCc1cccc(C)n1)NCC1(CCO)CCCCC1. The predicted octanol–water partition coefficient (Wildman–Crippen LogP) is 2.78. The van der Waals surface area contributed by atoms with Crippen molar-refractivity contribution < 1.29 is 5.11 Å². The summed E-state index contributed by atoms with van der Waals surface area (Å²) in [4.78, 5) is 9.17. The molecule has 0 radical (unpaired) electrons. The monoisotopic (exact) mass is 332 g/mol. The third kappa shape index (κ3) is 5.78. The van der Waals surface area contributed by atoms with Crippen LogP contribution in [-0.4, -0.2) is 35.7 Å². The molecule has 5 nitrogen and oxygen atoms in total. The molecule has 1 heterocycles. The molecule has 0 spiro atoms. The Balaban J connectivity index is 1.97. The van der Waals surface area contributed by atoms with Gasteiger partial charge in [-0.2, -0.15) is 0 Å². The van der Waals surface area contributed by atoms with Gasteiger partial charge in [0.05, 0.1) is 12.2 Å². The molecule has 0 aliphatic heterocycles. The molecule has 0 unspecified atom stereocenters. The Morgan fingerprint density at radius 1 is 1.25 bits per heavy atom. The van der Waals surface area contributed by atoms with Gasteiger partial charge in [0.2, 0.25) is 0 Å². The molecule has 134 valence electrons. The first-order valence-electron chi connectivity index (χ1n) is 9.23. The van der Waals surface area contributed by atoms with Crippen LogP contribution >= 0.6 is 0 Å². The van der Waals surface area contributed by atoms with Gasteiger partial charge in [-0.25, -0.2) is 4.99 Å². The van der Waals surface area contributed by atoms with Crippen LogP contribution in [0.3, 0.4) is 0 Å². The number of aromatic nitrogens is 1. The van der Waals surface area contributed by atoms with Crippen LogP contribution in [0.5, 0.6) is 0 Å². The van der Waals surface area contributed by atoms with Gasteiger partial charge in [0.15, 0.2) is 5.96 Å². The van der Waals surface area contributed by atoms with Gasteiger partial charge in [0.1, 0.15) is 0 Å². The Hall–Kier alpha value is -1.62. The van der Waals surface area contributed by atoms with E-state index in [1.807, 2.05) is 25.1 Å². The average Bonchev–Trinajstić information content (AvgIpc) is 2.59. The number of aliphatic imine (C=N–C) groups is 1. The molecule has 24 heavy (non-hydrogen) atoms. The third-order valence-corrected chi connectivity index (χ3v) is 4.88. The Bertz CT molecular complexity index is 518. The number of aliphatic hydroxyl groups is 1. The van der Waals surface area contributed by atoms with E-state index in [1.54, 1.807) is 0 Å². The van der Waals surface area contributed by atoms with Crippen molar-refractivity contribution in [1.29, 1.82) is 0 Å². The maximum Gasteiger partial charge on any atom is 0.191 e. The zero-order chi connectivity index (χ0) is 17.3. The molecule has 1 aliphatic rings. The van der Waals surface area contributed by atoms with Crippen LogP contribution in [0, 0.1) is 12.3 Å². The number of nitrogens with one attached hydrogen (secondary N) is 2. The molecule has 0 saturated heterocycles. The van der Waals surface area contributed by atoms with Gasteiger partial charge < -0.3 is 15.7 Å². The molecule has 1 aromatic heterocycles. The number of aryl methyl sites for hydroxylation is 1. The first-order valence-corrected chi connectivity index (χ1v) is 9.23. The number of hydrogen-bond donors (Lipinski definition) is 3. The van der Waals surface area contributed by atoms with E-state index < -0.39 is 0 Å². The van der Waals surface area contributed by atoms with Crippen LogP contribution in [0.1, 0.15) is 56.8 Å². The Morgan fingerprint density at radius 2 is 2.04 bits per heavy atom. The van der Waals surface area contributed by atoms with Crippen molar-refractivity contribution in [3.05, 3.63) is 29.6 Å². The molecule has 5 heteroatoms. The number of rotatable bonds is 7. The average molecular weight is 332 g/mol. The molecule has 1 fully saturated rings. The number of nitrogens with zero attached hydrogens (tertiary/aromatic N) is 2. The van der Waals surface area contributed by atoms with Crippen molar-refractivity contribution in [2.45, 2.75) is 58.9 Å². The summed E-state index contributed by atoms with van der Waals surface area (Å²) >= 11 is 0. The summed E-state index contributed by atoms with van der Waals surface area (Å²) < 4.78 is 0. The smallest absolute Gasteiger partial charge is 0.191 e. The molecule has 0 aromatic carbocycles. The van der Waals surface area contributed by atoms with Crippen LogP contribution in [0.4, 0.5) is 0 Å². The first kappa shape index (κ1) is 18.7. The minimum Gasteiger partial charge on any atom is -0.396 e. The van der Waals surface area contributed by atoms with Crippen molar-refractivity contribution in [2.75, 3.05) is 19.7 Å². The quantitative estimate of drug-likeness (QED) is 0.530. The van der Waals surface area contributed by atoms with Gasteiger partial charge in [0, 0.05) is 25.4 Å². The topological polar surface area (TPSA) is 69.5 Å². The fourth-order valence-electron chi connectivity index (χ4n) is 3.51. The van der Waals surface area contributed by atoms with Crippen LogP contribution in [0.25, 0.3) is 0 Å². The molecule has 1 aromatic rings. The van der Waals surface area contributed by atoms with Crippen molar-refractivity contribution in [2.24, 2.45) is 10.4 Å². The van der Waals surface area contributed by atoms with Gasteiger partial charge >= 0.3 is 0 Å². The highest BCUT2D eigenvalue weighted by molar-refractivity contribution is 5.79. The van der Waals surface area contributed by atoms with E-state index in [9.17, 15) is 5.11 Å². The number of hydrogen-bond acceptors (Lipinski definition) is 3. The number of aliphatic hydroxyl groups excluding tert-OH is 1. The second-order valence-electron chi connectivity index (χ2n) is 6.85. The van der Waals surface area contributed by atoms with E-state index in [4.69, 9.17) is 0 Å². The van der Waals surface area contributed by atoms with Crippen LogP contribution in [0.15, 0.2) is 23.2 Å². The highest BCUT2D eigenvalue weighted by atomic mass is 16.3. The van der Waals surface area contributed by atoms with Crippen molar-refractivity contribution >= 4 is 5.96 Å². The maximum atomic E-state index is 9.45. The molecular formula is C19H32N4O.